The van der Waals surface area contributed by atoms with E-state index in [-0.39, 0.29) is 17.3 Å². The van der Waals surface area contributed by atoms with Gasteiger partial charge < -0.3 is 9.47 Å². The van der Waals surface area contributed by atoms with Gasteiger partial charge in [-0.2, -0.15) is 0 Å². The van der Waals surface area contributed by atoms with E-state index in [4.69, 9.17) is 9.47 Å². The number of benzene rings is 2. The fourth-order valence-corrected chi connectivity index (χ4v) is 6.23. The second kappa shape index (κ2) is 8.32. The molecule has 1 heterocycles. The smallest absolute Gasteiger partial charge is 0.311 e. The van der Waals surface area contributed by atoms with Crippen LogP contribution in [0.3, 0.4) is 0 Å². The average Bonchev–Trinajstić information content (AvgIpc) is 3.32. The number of aryl methyl sites for hydroxylation is 1. The Kier molecular flexibility index (Phi) is 5.47. The van der Waals surface area contributed by atoms with Crippen LogP contribution in [0.25, 0.3) is 5.69 Å². The topological polar surface area (TPSA) is 66.2 Å². The monoisotopic (exact) mass is 445 g/mol. The van der Waals surface area contributed by atoms with E-state index in [2.05, 4.69) is 36.3 Å². The van der Waals surface area contributed by atoms with Gasteiger partial charge in [0, 0.05) is 0 Å². The van der Waals surface area contributed by atoms with E-state index >= 15 is 0 Å². The van der Waals surface area contributed by atoms with E-state index in [0.717, 1.165) is 49.2 Å². The summed E-state index contributed by atoms with van der Waals surface area (Å²) < 4.78 is 13.1. The molecule has 1 aromatic heterocycles. The fourth-order valence-electron chi connectivity index (χ4n) is 6.23. The fraction of sp³-hybridized carbons (Fsp3) is 0.444. The third-order valence-corrected chi connectivity index (χ3v) is 7.93. The van der Waals surface area contributed by atoms with Gasteiger partial charge in [0.15, 0.2) is 0 Å². The van der Waals surface area contributed by atoms with Crippen LogP contribution in [0.15, 0.2) is 54.7 Å². The summed E-state index contributed by atoms with van der Waals surface area (Å²) in [5.41, 5.74) is 3.92. The molecule has 2 aliphatic rings. The van der Waals surface area contributed by atoms with Crippen molar-refractivity contribution in [2.24, 2.45) is 11.3 Å². The minimum Gasteiger partial charge on any atom is -0.487 e. The Morgan fingerprint density at radius 3 is 2.76 bits per heavy atom. The van der Waals surface area contributed by atoms with E-state index in [1.807, 2.05) is 42.6 Å². The van der Waals surface area contributed by atoms with E-state index < -0.39 is 5.41 Å². The summed E-state index contributed by atoms with van der Waals surface area (Å²) in [6, 6.07) is 16.3. The minimum absolute atomic E-state index is 0.0649. The van der Waals surface area contributed by atoms with Crippen molar-refractivity contribution in [2.75, 3.05) is 7.11 Å². The van der Waals surface area contributed by atoms with Crippen molar-refractivity contribution in [1.29, 1.82) is 0 Å². The quantitative estimate of drug-likeness (QED) is 0.516. The van der Waals surface area contributed by atoms with Crippen molar-refractivity contribution < 1.29 is 14.3 Å². The molecule has 3 aromatic rings. The van der Waals surface area contributed by atoms with E-state index in [1.54, 1.807) is 4.68 Å². The first-order valence-electron chi connectivity index (χ1n) is 11.8. The van der Waals surface area contributed by atoms with Crippen molar-refractivity contribution in [3.05, 3.63) is 71.5 Å². The van der Waals surface area contributed by atoms with Gasteiger partial charge in [0.2, 0.25) is 0 Å². The molecule has 0 saturated heterocycles. The number of fused-ring (bicyclic) bond motifs is 3. The van der Waals surface area contributed by atoms with Gasteiger partial charge in [-0.3, -0.25) is 4.79 Å². The number of hydrogen-bond donors (Lipinski definition) is 0. The number of ether oxygens (including phenoxy) is 2. The van der Waals surface area contributed by atoms with Crippen LogP contribution in [0.5, 0.6) is 5.75 Å². The molecule has 0 aliphatic heterocycles. The zero-order valence-corrected chi connectivity index (χ0v) is 19.6. The summed E-state index contributed by atoms with van der Waals surface area (Å²) in [6.45, 7) is 4.78. The van der Waals surface area contributed by atoms with Crippen LogP contribution in [0.1, 0.15) is 56.4 Å². The molecule has 1 fully saturated rings. The largest absolute Gasteiger partial charge is 0.487 e. The highest BCUT2D eigenvalue weighted by Crippen LogP contribution is 2.58. The molecule has 3 atom stereocenters. The normalized spacial score (nSPS) is 26.2. The van der Waals surface area contributed by atoms with E-state index in [1.165, 1.54) is 18.2 Å². The first-order chi connectivity index (χ1) is 15.9. The summed E-state index contributed by atoms with van der Waals surface area (Å²) >= 11 is 0. The van der Waals surface area contributed by atoms with Crippen LogP contribution in [-0.2, 0) is 28.0 Å². The van der Waals surface area contributed by atoms with Crippen molar-refractivity contribution in [3.8, 4) is 11.4 Å². The van der Waals surface area contributed by atoms with Crippen molar-refractivity contribution >= 4 is 5.97 Å². The molecule has 0 radical (unpaired) electrons. The van der Waals surface area contributed by atoms with Gasteiger partial charge in [-0.1, -0.05) is 42.8 Å². The molecule has 5 rings (SSSR count). The van der Waals surface area contributed by atoms with Crippen molar-refractivity contribution in [1.82, 2.24) is 15.0 Å². The van der Waals surface area contributed by atoms with Crippen LogP contribution in [0, 0.1) is 11.3 Å². The number of rotatable bonds is 5. The number of esters is 1. The summed E-state index contributed by atoms with van der Waals surface area (Å²) in [4.78, 5) is 12.8. The lowest BCUT2D eigenvalue weighted by molar-refractivity contribution is -0.161. The lowest BCUT2D eigenvalue weighted by Crippen LogP contribution is -2.52. The van der Waals surface area contributed by atoms with Crippen LogP contribution in [0.4, 0.5) is 0 Å². The number of carbonyl (C=O) groups is 1. The molecule has 1 saturated carbocycles. The Balaban J connectivity index is 1.37. The lowest BCUT2D eigenvalue weighted by Gasteiger charge is -2.54. The standard InChI is InChI=1S/C27H31N3O3/c1-26-14-7-15-27(2,25(31)32-3)24(26)13-11-19-10-12-22(16-23(19)26)33-18-20-17-30(29-28-20)21-8-5-4-6-9-21/h4-6,8-10,12,16-17,24H,7,11,13-15,18H2,1-3H3/t24-,26-,27+/m1/s1. The number of hydrogen-bond acceptors (Lipinski definition) is 5. The second-order valence-electron chi connectivity index (χ2n) is 9.87. The molecule has 0 N–H and O–H groups in total. The minimum atomic E-state index is -0.438. The molecule has 0 unspecified atom stereocenters. The summed E-state index contributed by atoms with van der Waals surface area (Å²) in [6.07, 6.45) is 6.88. The number of carbonyl (C=O) groups excluding carboxylic acids is 1. The number of para-hydroxylation sites is 1. The molecule has 172 valence electrons. The van der Waals surface area contributed by atoms with Crippen molar-refractivity contribution in [2.45, 2.75) is 58.0 Å². The van der Waals surface area contributed by atoms with Crippen LogP contribution < -0.4 is 4.74 Å². The zero-order valence-electron chi connectivity index (χ0n) is 19.6. The third-order valence-electron chi connectivity index (χ3n) is 7.93. The van der Waals surface area contributed by atoms with Crippen molar-refractivity contribution in [3.63, 3.8) is 0 Å². The Hall–Kier alpha value is -3.15. The molecule has 6 heteroatoms. The highest BCUT2D eigenvalue weighted by Gasteiger charge is 2.55. The maximum absolute atomic E-state index is 12.8. The first kappa shape index (κ1) is 21.7. The van der Waals surface area contributed by atoms with Gasteiger partial charge in [-0.15, -0.1) is 5.10 Å². The van der Waals surface area contributed by atoms with Crippen LogP contribution in [-0.4, -0.2) is 28.1 Å². The molecule has 0 bridgehead atoms. The van der Waals surface area contributed by atoms with Crippen LogP contribution >= 0.6 is 0 Å². The van der Waals surface area contributed by atoms with E-state index in [9.17, 15) is 4.79 Å². The highest BCUT2D eigenvalue weighted by atomic mass is 16.5. The third kappa shape index (κ3) is 3.71. The number of aromatic nitrogens is 3. The summed E-state index contributed by atoms with van der Waals surface area (Å²) in [5, 5.41) is 8.48. The summed E-state index contributed by atoms with van der Waals surface area (Å²) in [7, 11) is 1.51. The van der Waals surface area contributed by atoms with Gasteiger partial charge in [0.25, 0.3) is 0 Å². The second-order valence-corrected chi connectivity index (χ2v) is 9.87. The predicted octanol–water partition coefficient (Wildman–Crippen LogP) is 5.03. The first-order valence-corrected chi connectivity index (χ1v) is 11.8. The number of methoxy groups -OCH3 is 1. The van der Waals surface area contributed by atoms with Gasteiger partial charge in [0.1, 0.15) is 18.1 Å². The Morgan fingerprint density at radius 1 is 1.15 bits per heavy atom. The van der Waals surface area contributed by atoms with Gasteiger partial charge in [-0.05, 0) is 79.3 Å². The molecular formula is C27H31N3O3. The molecule has 33 heavy (non-hydrogen) atoms. The molecule has 6 nitrogen and oxygen atoms in total. The molecule has 0 spiro atoms. The number of nitrogens with zero attached hydrogens (tertiary/aromatic N) is 3. The molecule has 2 aliphatic carbocycles. The zero-order chi connectivity index (χ0) is 23.1. The molecular weight excluding hydrogens is 414 g/mol. The maximum atomic E-state index is 12.8. The predicted molar refractivity (Wildman–Crippen MR) is 125 cm³/mol. The SMILES string of the molecule is COC(=O)[C@@]1(C)CCC[C@]2(C)c3cc(OCc4cn(-c5ccccc5)nn4)ccc3CC[C@@H]12. The average molecular weight is 446 g/mol. The Bertz CT molecular complexity index is 1160. The molecule has 2 aromatic carbocycles. The Labute approximate surface area is 194 Å². The highest BCUT2D eigenvalue weighted by molar-refractivity contribution is 5.77. The Morgan fingerprint density at radius 2 is 1.97 bits per heavy atom. The lowest BCUT2D eigenvalue weighted by atomic mass is 9.50. The molecule has 0 amide bonds. The van der Waals surface area contributed by atoms with E-state index in [0.29, 0.717) is 6.61 Å². The maximum Gasteiger partial charge on any atom is 0.311 e. The van der Waals surface area contributed by atoms with Gasteiger partial charge in [0.05, 0.1) is 24.4 Å². The summed E-state index contributed by atoms with van der Waals surface area (Å²) in [5.74, 6) is 1.02. The van der Waals surface area contributed by atoms with Crippen LogP contribution in [0.2, 0.25) is 0 Å². The van der Waals surface area contributed by atoms with Gasteiger partial charge in [-0.25, -0.2) is 4.68 Å². The van der Waals surface area contributed by atoms with Gasteiger partial charge >= 0.3 is 5.97 Å².